The lowest BCUT2D eigenvalue weighted by Gasteiger charge is -2.17. The summed E-state index contributed by atoms with van der Waals surface area (Å²) < 4.78 is 0. The van der Waals surface area contributed by atoms with E-state index in [-0.39, 0.29) is 0 Å². The van der Waals surface area contributed by atoms with E-state index in [1.165, 1.54) is 75.8 Å². The van der Waals surface area contributed by atoms with E-state index in [9.17, 15) is 5.26 Å². The van der Waals surface area contributed by atoms with Crippen LogP contribution in [0.1, 0.15) is 5.56 Å². The Kier molecular flexibility index (Phi) is 8.56. The molecule has 0 unspecified atom stereocenters. The summed E-state index contributed by atoms with van der Waals surface area (Å²) in [5.74, 6) is 1.81. The van der Waals surface area contributed by atoms with E-state index >= 15 is 0 Å². The first-order chi connectivity index (χ1) is 32.6. The summed E-state index contributed by atoms with van der Waals surface area (Å²) in [4.78, 5) is 15.0. The number of rotatable bonds is 6. The molecule has 0 saturated carbocycles. The zero-order valence-electron chi connectivity index (χ0n) is 35.6. The van der Waals surface area contributed by atoms with Crippen LogP contribution < -0.4 is 0 Å². The third-order valence-corrected chi connectivity index (χ3v) is 13.3. The van der Waals surface area contributed by atoms with Gasteiger partial charge in [-0.15, -0.1) is 0 Å². The van der Waals surface area contributed by atoms with Crippen molar-refractivity contribution < 1.29 is 0 Å². The number of fused-ring (bicyclic) bond motifs is 2. The van der Waals surface area contributed by atoms with Gasteiger partial charge in [-0.3, -0.25) is 0 Å². The van der Waals surface area contributed by atoms with Crippen LogP contribution in [-0.2, 0) is 0 Å². The van der Waals surface area contributed by atoms with Gasteiger partial charge in [0.2, 0.25) is 0 Å². The number of hydrogen-bond donors (Lipinski definition) is 0. The fourth-order valence-electron chi connectivity index (χ4n) is 10.0. The molecule has 13 aromatic rings. The molecule has 0 bridgehead atoms. The highest BCUT2D eigenvalue weighted by Gasteiger charge is 2.17. The molecule has 4 heteroatoms. The second-order valence-corrected chi connectivity index (χ2v) is 17.1. The standard InChI is InChI=1S/C62H36N4/c63-37-38-18-20-41(21-19-38)48-13-4-14-50(34-48)62-65-60(46-8-2-1-3-9-46)64-61(66-62)47-31-26-40(27-32-47)39-22-24-42(25-23-39)51-35-49-33-30-45-11-6-16-53-52-15-5-10-43-28-29-44-12-7-17-54(58(44)56(43)52)55(36-51)59(49)57(45)53/h1-36H. The van der Waals surface area contributed by atoms with E-state index in [4.69, 9.17) is 15.0 Å². The maximum Gasteiger partial charge on any atom is 0.164 e. The fourth-order valence-corrected chi connectivity index (χ4v) is 10.0. The molecule has 0 aliphatic rings. The molecular weight excluding hydrogens is 801 g/mol. The van der Waals surface area contributed by atoms with Crippen LogP contribution in [-0.4, -0.2) is 15.0 Å². The maximum absolute atomic E-state index is 9.32. The normalized spacial score (nSPS) is 11.6. The third kappa shape index (κ3) is 6.18. The molecule has 1 heterocycles. The highest BCUT2D eigenvalue weighted by Crippen LogP contribution is 2.44. The number of nitrogens with zero attached hydrogens (tertiary/aromatic N) is 4. The first kappa shape index (κ1) is 37.5. The Hall–Kier alpha value is -9.04. The third-order valence-electron chi connectivity index (χ3n) is 13.3. The Bertz CT molecular complexity index is 4070. The average molecular weight is 837 g/mol. The lowest BCUT2D eigenvalue weighted by molar-refractivity contribution is 1.07. The smallest absolute Gasteiger partial charge is 0.164 e. The van der Waals surface area contributed by atoms with Crippen molar-refractivity contribution in [3.05, 3.63) is 224 Å². The summed E-state index contributed by atoms with van der Waals surface area (Å²) in [5.41, 5.74) is 9.97. The zero-order chi connectivity index (χ0) is 43.7. The average Bonchev–Trinajstić information content (AvgIpc) is 3.39. The van der Waals surface area contributed by atoms with Gasteiger partial charge in [0.15, 0.2) is 17.5 Å². The molecule has 0 atom stereocenters. The summed E-state index contributed by atoms with van der Waals surface area (Å²) in [6.45, 7) is 0. The summed E-state index contributed by atoms with van der Waals surface area (Å²) in [5, 5.41) is 24.7. The van der Waals surface area contributed by atoms with Gasteiger partial charge in [-0.25, -0.2) is 15.0 Å². The topological polar surface area (TPSA) is 62.5 Å². The van der Waals surface area contributed by atoms with Crippen LogP contribution in [0.5, 0.6) is 0 Å². The van der Waals surface area contributed by atoms with Crippen LogP contribution in [0.25, 0.3) is 132 Å². The Morgan fingerprint density at radius 1 is 0.258 bits per heavy atom. The summed E-state index contributed by atoms with van der Waals surface area (Å²) in [7, 11) is 0. The fraction of sp³-hybridized carbons (Fsp3) is 0. The van der Waals surface area contributed by atoms with Gasteiger partial charge >= 0.3 is 0 Å². The van der Waals surface area contributed by atoms with E-state index in [0.29, 0.717) is 23.0 Å². The number of aromatic nitrogens is 3. The molecule has 304 valence electrons. The SMILES string of the molecule is N#Cc1ccc(-c2cccc(-c3nc(-c4ccccc4)nc(-c4ccc(-c5ccc(-c6cc7ccc8cccc9c%10cccc%11ccc%12cccc(c(c6)c7c89)c%12c%11%10)cc5)cc4)n3)c2)cc1. The molecule has 12 aromatic carbocycles. The summed E-state index contributed by atoms with van der Waals surface area (Å²) in [6, 6.07) is 79.7. The molecular formula is C62H36N4. The van der Waals surface area contributed by atoms with Gasteiger partial charge in [0, 0.05) is 16.7 Å². The minimum absolute atomic E-state index is 0.593. The highest BCUT2D eigenvalue weighted by molar-refractivity contribution is 6.37. The summed E-state index contributed by atoms with van der Waals surface area (Å²) >= 11 is 0. The van der Waals surface area contributed by atoms with Gasteiger partial charge in [-0.2, -0.15) is 5.26 Å². The lowest BCUT2D eigenvalue weighted by atomic mass is 9.86. The van der Waals surface area contributed by atoms with Crippen molar-refractivity contribution in [3.63, 3.8) is 0 Å². The van der Waals surface area contributed by atoms with Crippen LogP contribution in [0.2, 0.25) is 0 Å². The second kappa shape index (κ2) is 15.1. The molecule has 0 aliphatic carbocycles. The number of nitriles is 1. The van der Waals surface area contributed by atoms with Crippen LogP contribution in [0.3, 0.4) is 0 Å². The van der Waals surface area contributed by atoms with Gasteiger partial charge < -0.3 is 0 Å². The molecule has 0 amide bonds. The van der Waals surface area contributed by atoms with E-state index in [0.717, 1.165) is 38.9 Å². The van der Waals surface area contributed by atoms with Crippen molar-refractivity contribution in [3.8, 4) is 73.6 Å². The Labute approximate surface area is 380 Å². The van der Waals surface area contributed by atoms with Crippen LogP contribution in [0.4, 0.5) is 0 Å². The maximum atomic E-state index is 9.32. The summed E-state index contributed by atoms with van der Waals surface area (Å²) in [6.07, 6.45) is 0. The van der Waals surface area contributed by atoms with Crippen molar-refractivity contribution in [1.29, 1.82) is 5.26 Å². The largest absolute Gasteiger partial charge is 0.208 e. The van der Waals surface area contributed by atoms with Crippen molar-refractivity contribution in [2.75, 3.05) is 0 Å². The molecule has 4 nitrogen and oxygen atoms in total. The Balaban J connectivity index is 0.883. The zero-order valence-corrected chi connectivity index (χ0v) is 35.6. The first-order valence-corrected chi connectivity index (χ1v) is 22.2. The van der Waals surface area contributed by atoms with Gasteiger partial charge in [0.1, 0.15) is 0 Å². The Morgan fingerprint density at radius 3 is 1.21 bits per heavy atom. The number of hydrogen-bond acceptors (Lipinski definition) is 4. The molecule has 0 fully saturated rings. The van der Waals surface area contributed by atoms with E-state index in [1.54, 1.807) is 0 Å². The van der Waals surface area contributed by atoms with Crippen LogP contribution in [0.15, 0.2) is 218 Å². The molecule has 66 heavy (non-hydrogen) atoms. The molecule has 1 aromatic heterocycles. The van der Waals surface area contributed by atoms with Crippen molar-refractivity contribution in [1.82, 2.24) is 15.0 Å². The number of benzene rings is 11. The van der Waals surface area contributed by atoms with Gasteiger partial charge in [0.25, 0.3) is 0 Å². The van der Waals surface area contributed by atoms with E-state index in [2.05, 4.69) is 158 Å². The minimum atomic E-state index is 0.593. The Morgan fingerprint density at radius 2 is 0.652 bits per heavy atom. The molecule has 0 aliphatic heterocycles. The minimum Gasteiger partial charge on any atom is -0.208 e. The van der Waals surface area contributed by atoms with Crippen molar-refractivity contribution in [2.24, 2.45) is 0 Å². The van der Waals surface area contributed by atoms with E-state index in [1.807, 2.05) is 66.7 Å². The molecule has 13 rings (SSSR count). The monoisotopic (exact) mass is 836 g/mol. The second-order valence-electron chi connectivity index (χ2n) is 17.1. The van der Waals surface area contributed by atoms with Crippen LogP contribution >= 0.6 is 0 Å². The van der Waals surface area contributed by atoms with Gasteiger partial charge in [0.05, 0.1) is 11.6 Å². The lowest BCUT2D eigenvalue weighted by Crippen LogP contribution is -2.00. The predicted molar refractivity (Wildman–Crippen MR) is 273 cm³/mol. The van der Waals surface area contributed by atoms with Crippen molar-refractivity contribution >= 4 is 64.6 Å². The van der Waals surface area contributed by atoms with Crippen molar-refractivity contribution in [2.45, 2.75) is 0 Å². The molecule has 0 saturated heterocycles. The molecule has 0 N–H and O–H groups in total. The quantitative estimate of drug-likeness (QED) is 0.157. The van der Waals surface area contributed by atoms with Crippen LogP contribution in [0, 0.1) is 11.3 Å². The molecule has 0 radical (unpaired) electrons. The van der Waals surface area contributed by atoms with E-state index < -0.39 is 0 Å². The van der Waals surface area contributed by atoms with Gasteiger partial charge in [-0.1, -0.05) is 188 Å². The highest BCUT2D eigenvalue weighted by atomic mass is 15.0. The molecule has 0 spiro atoms. The predicted octanol–water partition coefficient (Wildman–Crippen LogP) is 16.1. The van der Waals surface area contributed by atoms with Gasteiger partial charge in [-0.05, 0) is 128 Å². The first-order valence-electron chi connectivity index (χ1n) is 22.2.